The van der Waals surface area contributed by atoms with Crippen LogP contribution in [0.25, 0.3) is 56.3 Å². The molecular weight excluding hydrogens is 418 g/mol. The number of rotatable bonds is 3. The van der Waals surface area contributed by atoms with Crippen LogP contribution in [0.1, 0.15) is 0 Å². The van der Waals surface area contributed by atoms with Crippen LogP contribution in [-0.2, 0) is 0 Å². The van der Waals surface area contributed by atoms with Gasteiger partial charge in [0.15, 0.2) is 11.6 Å². The molecule has 0 fully saturated rings. The summed E-state index contributed by atoms with van der Waals surface area (Å²) in [5.74, 6) is 1.90. The predicted molar refractivity (Wildman–Crippen MR) is 136 cm³/mol. The lowest BCUT2D eigenvalue weighted by molar-refractivity contribution is 0.947. The second-order valence-electron chi connectivity index (χ2n) is 8.24. The van der Waals surface area contributed by atoms with Gasteiger partial charge < -0.3 is 0 Å². The third kappa shape index (κ3) is 2.84. The van der Waals surface area contributed by atoms with E-state index in [1.54, 1.807) is 0 Å². The molecule has 0 spiro atoms. The molecule has 0 saturated heterocycles. The topological polar surface area (TPSA) is 48.0 Å². The minimum Gasteiger partial charge on any atom is -0.293 e. The zero-order valence-corrected chi connectivity index (χ0v) is 18.2. The fourth-order valence-corrected chi connectivity index (χ4v) is 4.63. The standard InChI is InChI=1S/C29H19N5/c1-3-11-20(12-4-1)27-30-28(21-13-5-2-6-14-21)32-29(31-27)34-25-18-10-9-17-24(25)33-23-16-8-7-15-22(23)19-26(33)34/h1-19H. The van der Waals surface area contributed by atoms with E-state index in [0.29, 0.717) is 17.6 Å². The molecule has 0 N–H and O–H groups in total. The molecule has 34 heavy (non-hydrogen) atoms. The van der Waals surface area contributed by atoms with Gasteiger partial charge in [0.05, 0.1) is 16.6 Å². The summed E-state index contributed by atoms with van der Waals surface area (Å²) in [4.78, 5) is 14.8. The molecule has 5 nitrogen and oxygen atoms in total. The number of nitrogens with zero attached hydrogens (tertiary/aromatic N) is 5. The van der Waals surface area contributed by atoms with Crippen molar-refractivity contribution in [2.75, 3.05) is 0 Å². The van der Waals surface area contributed by atoms with Gasteiger partial charge in [-0.1, -0.05) is 91.0 Å². The van der Waals surface area contributed by atoms with E-state index in [-0.39, 0.29) is 0 Å². The molecule has 7 aromatic rings. The highest BCUT2D eigenvalue weighted by Gasteiger charge is 2.19. The quantitative estimate of drug-likeness (QED) is 0.315. The van der Waals surface area contributed by atoms with Crippen LogP contribution in [0.4, 0.5) is 0 Å². The molecule has 0 unspecified atom stereocenters. The average Bonchev–Trinajstić information content (AvgIpc) is 3.44. The maximum Gasteiger partial charge on any atom is 0.240 e. The Morgan fingerprint density at radius 3 is 1.65 bits per heavy atom. The number of hydrogen-bond acceptors (Lipinski definition) is 3. The molecule has 3 aromatic heterocycles. The summed E-state index contributed by atoms with van der Waals surface area (Å²) in [6.07, 6.45) is 0. The van der Waals surface area contributed by atoms with E-state index in [1.165, 1.54) is 5.39 Å². The lowest BCUT2D eigenvalue weighted by Crippen LogP contribution is -2.06. The number of hydrogen-bond donors (Lipinski definition) is 0. The van der Waals surface area contributed by atoms with Gasteiger partial charge >= 0.3 is 0 Å². The van der Waals surface area contributed by atoms with Crippen LogP contribution in [0.15, 0.2) is 115 Å². The van der Waals surface area contributed by atoms with Crippen molar-refractivity contribution in [3.05, 3.63) is 115 Å². The molecule has 0 amide bonds. The van der Waals surface area contributed by atoms with E-state index in [2.05, 4.69) is 63.6 Å². The molecule has 0 atom stereocenters. The zero-order valence-electron chi connectivity index (χ0n) is 18.2. The molecule has 0 radical (unpaired) electrons. The lowest BCUT2D eigenvalue weighted by Gasteiger charge is -2.09. The third-order valence-corrected chi connectivity index (χ3v) is 6.17. The van der Waals surface area contributed by atoms with Gasteiger partial charge in [0.2, 0.25) is 5.95 Å². The number of aromatic nitrogens is 5. The second-order valence-corrected chi connectivity index (χ2v) is 8.24. The first-order valence-electron chi connectivity index (χ1n) is 11.2. The summed E-state index contributed by atoms with van der Waals surface area (Å²) < 4.78 is 4.41. The Balaban J connectivity index is 1.59. The molecular formula is C29H19N5. The van der Waals surface area contributed by atoms with Crippen molar-refractivity contribution in [3.63, 3.8) is 0 Å². The molecule has 0 aliphatic rings. The molecule has 3 heterocycles. The first kappa shape index (κ1) is 18.8. The molecule has 7 rings (SSSR count). The SMILES string of the molecule is c1ccc(-c2nc(-c3ccccc3)nc(-n3c4ccccc4n4c5ccccc5cc34)n2)cc1. The van der Waals surface area contributed by atoms with Gasteiger partial charge in [-0.15, -0.1) is 0 Å². The summed E-state index contributed by atoms with van der Waals surface area (Å²) in [6.45, 7) is 0. The second kappa shape index (κ2) is 7.39. The summed E-state index contributed by atoms with van der Waals surface area (Å²) >= 11 is 0. The van der Waals surface area contributed by atoms with Crippen LogP contribution >= 0.6 is 0 Å². The Kier molecular flexibility index (Phi) is 4.08. The Labute approximate surface area is 195 Å². The van der Waals surface area contributed by atoms with Crippen molar-refractivity contribution < 1.29 is 0 Å². The minimum absolute atomic E-state index is 0.599. The Hall–Kier alpha value is -4.77. The van der Waals surface area contributed by atoms with Gasteiger partial charge in [0, 0.05) is 16.5 Å². The van der Waals surface area contributed by atoms with Crippen molar-refractivity contribution in [2.45, 2.75) is 0 Å². The van der Waals surface area contributed by atoms with Gasteiger partial charge in [0.25, 0.3) is 0 Å². The fourth-order valence-electron chi connectivity index (χ4n) is 4.63. The highest BCUT2D eigenvalue weighted by Crippen LogP contribution is 2.31. The van der Waals surface area contributed by atoms with Gasteiger partial charge in [-0.3, -0.25) is 8.97 Å². The molecule has 4 aromatic carbocycles. The maximum atomic E-state index is 4.97. The molecule has 160 valence electrons. The Morgan fingerprint density at radius 1 is 0.471 bits per heavy atom. The summed E-state index contributed by atoms with van der Waals surface area (Å²) in [5.41, 5.74) is 6.25. The number of imidazole rings is 1. The Morgan fingerprint density at radius 2 is 1.00 bits per heavy atom. The summed E-state index contributed by atoms with van der Waals surface area (Å²) in [5, 5.41) is 1.18. The third-order valence-electron chi connectivity index (χ3n) is 6.17. The number of benzene rings is 4. The Bertz CT molecular complexity index is 1740. The van der Waals surface area contributed by atoms with Crippen LogP contribution in [0.3, 0.4) is 0 Å². The normalized spacial score (nSPS) is 11.5. The fraction of sp³-hybridized carbons (Fsp3) is 0. The van der Waals surface area contributed by atoms with E-state index >= 15 is 0 Å². The van der Waals surface area contributed by atoms with E-state index in [9.17, 15) is 0 Å². The van der Waals surface area contributed by atoms with Crippen LogP contribution < -0.4 is 0 Å². The van der Waals surface area contributed by atoms with Crippen molar-refractivity contribution in [1.29, 1.82) is 0 Å². The van der Waals surface area contributed by atoms with Gasteiger partial charge in [-0.25, -0.2) is 4.98 Å². The largest absolute Gasteiger partial charge is 0.293 e. The highest BCUT2D eigenvalue weighted by atomic mass is 15.2. The van der Waals surface area contributed by atoms with Crippen molar-refractivity contribution in [2.24, 2.45) is 0 Å². The smallest absolute Gasteiger partial charge is 0.240 e. The number of fused-ring (bicyclic) bond motifs is 5. The van der Waals surface area contributed by atoms with Crippen molar-refractivity contribution in [1.82, 2.24) is 23.9 Å². The first-order chi connectivity index (χ1) is 16.9. The van der Waals surface area contributed by atoms with Crippen LogP contribution in [0.2, 0.25) is 0 Å². The zero-order chi connectivity index (χ0) is 22.5. The maximum absolute atomic E-state index is 4.97. The molecule has 0 saturated carbocycles. The summed E-state index contributed by atoms with van der Waals surface area (Å²) in [6, 6.07) is 39.1. The first-order valence-corrected chi connectivity index (χ1v) is 11.2. The van der Waals surface area contributed by atoms with E-state index in [0.717, 1.165) is 33.3 Å². The molecule has 5 heteroatoms. The highest BCUT2D eigenvalue weighted by molar-refractivity contribution is 5.95. The summed E-state index contributed by atoms with van der Waals surface area (Å²) in [7, 11) is 0. The van der Waals surface area contributed by atoms with Crippen molar-refractivity contribution >= 4 is 27.6 Å². The molecule has 0 aliphatic heterocycles. The van der Waals surface area contributed by atoms with Crippen molar-refractivity contribution in [3.8, 4) is 28.7 Å². The van der Waals surface area contributed by atoms with E-state index < -0.39 is 0 Å². The van der Waals surface area contributed by atoms with E-state index in [1.807, 2.05) is 60.7 Å². The van der Waals surface area contributed by atoms with Gasteiger partial charge in [-0.2, -0.15) is 9.97 Å². The van der Waals surface area contributed by atoms with Gasteiger partial charge in [-0.05, 0) is 24.3 Å². The van der Waals surface area contributed by atoms with Crippen LogP contribution in [0.5, 0.6) is 0 Å². The molecule has 0 bridgehead atoms. The van der Waals surface area contributed by atoms with E-state index in [4.69, 9.17) is 15.0 Å². The van der Waals surface area contributed by atoms with Crippen LogP contribution in [0, 0.1) is 0 Å². The minimum atomic E-state index is 0.599. The predicted octanol–water partition coefficient (Wildman–Crippen LogP) is 6.56. The number of para-hydroxylation sites is 3. The average molecular weight is 438 g/mol. The lowest BCUT2D eigenvalue weighted by atomic mass is 10.2. The molecule has 0 aliphatic carbocycles. The van der Waals surface area contributed by atoms with Crippen LogP contribution in [-0.4, -0.2) is 23.9 Å². The monoisotopic (exact) mass is 437 g/mol. The van der Waals surface area contributed by atoms with Gasteiger partial charge in [0.1, 0.15) is 5.65 Å².